The topological polar surface area (TPSA) is 114 Å². The average molecular weight is 417 g/mol. The van der Waals surface area contributed by atoms with Gasteiger partial charge in [0.25, 0.3) is 11.6 Å². The van der Waals surface area contributed by atoms with Gasteiger partial charge in [-0.3, -0.25) is 25.0 Å². The van der Waals surface area contributed by atoms with E-state index in [1.807, 2.05) is 0 Å². The molecule has 10 heteroatoms. The second-order valence-corrected chi connectivity index (χ2v) is 6.94. The zero-order valence-corrected chi connectivity index (χ0v) is 16.0. The molecule has 0 fully saturated rings. The van der Waals surface area contributed by atoms with Crippen molar-refractivity contribution in [1.29, 1.82) is 0 Å². The first-order valence-corrected chi connectivity index (χ1v) is 9.18. The first-order chi connectivity index (χ1) is 13.3. The molecule has 0 spiro atoms. The molecule has 8 nitrogen and oxygen atoms in total. The Kier molecular flexibility index (Phi) is 5.67. The molecular weight excluding hydrogens is 404 g/mol. The Bertz CT molecular complexity index is 1070. The molecule has 0 atom stereocenters. The molecule has 2 aromatic carbocycles. The molecule has 142 valence electrons. The predicted octanol–water partition coefficient (Wildman–Crippen LogP) is 4.58. The third-order valence-corrected chi connectivity index (χ3v) is 4.71. The SMILES string of the molecule is CC(=O)Nc1ccc(-c2csc(NC(=O)c3ccc(Cl)c([N+](=O)[O-])c3)n2)cc1. The molecule has 0 aliphatic heterocycles. The molecule has 1 aromatic heterocycles. The zero-order valence-electron chi connectivity index (χ0n) is 14.4. The Morgan fingerprint density at radius 1 is 1.14 bits per heavy atom. The summed E-state index contributed by atoms with van der Waals surface area (Å²) in [6.45, 7) is 1.43. The normalized spacial score (nSPS) is 10.4. The van der Waals surface area contributed by atoms with E-state index >= 15 is 0 Å². The van der Waals surface area contributed by atoms with Gasteiger partial charge >= 0.3 is 0 Å². The summed E-state index contributed by atoms with van der Waals surface area (Å²) in [5.74, 6) is -0.685. The van der Waals surface area contributed by atoms with Crippen molar-refractivity contribution in [2.24, 2.45) is 0 Å². The molecular formula is C18H13ClN4O4S. The van der Waals surface area contributed by atoms with Crippen LogP contribution in [-0.4, -0.2) is 21.7 Å². The van der Waals surface area contributed by atoms with Crippen LogP contribution in [0.15, 0.2) is 47.8 Å². The lowest BCUT2D eigenvalue weighted by Gasteiger charge is -2.03. The van der Waals surface area contributed by atoms with Crippen LogP contribution in [0.3, 0.4) is 0 Å². The smallest absolute Gasteiger partial charge is 0.288 e. The fraction of sp³-hybridized carbons (Fsp3) is 0.0556. The van der Waals surface area contributed by atoms with Crippen molar-refractivity contribution in [2.75, 3.05) is 10.6 Å². The van der Waals surface area contributed by atoms with E-state index in [0.29, 0.717) is 16.5 Å². The number of carbonyl (C=O) groups excluding carboxylic acids is 2. The molecule has 0 aliphatic rings. The standard InChI is InChI=1S/C18H13ClN4O4S/c1-10(24)20-13-5-2-11(3-6-13)15-9-28-18(21-15)22-17(25)12-4-7-14(19)16(8-12)23(26)27/h2-9H,1H3,(H,20,24)(H,21,22,25). The van der Waals surface area contributed by atoms with E-state index in [1.54, 1.807) is 29.6 Å². The van der Waals surface area contributed by atoms with Crippen molar-refractivity contribution >= 4 is 51.3 Å². The van der Waals surface area contributed by atoms with E-state index in [4.69, 9.17) is 11.6 Å². The zero-order chi connectivity index (χ0) is 20.3. The van der Waals surface area contributed by atoms with Crippen molar-refractivity contribution in [2.45, 2.75) is 6.92 Å². The van der Waals surface area contributed by atoms with Crippen molar-refractivity contribution in [3.63, 3.8) is 0 Å². The van der Waals surface area contributed by atoms with Gasteiger partial charge in [0, 0.05) is 35.2 Å². The van der Waals surface area contributed by atoms with Crippen LogP contribution in [0, 0.1) is 10.1 Å². The molecule has 0 saturated heterocycles. The molecule has 2 N–H and O–H groups in total. The summed E-state index contributed by atoms with van der Waals surface area (Å²) >= 11 is 6.98. The highest BCUT2D eigenvalue weighted by Gasteiger charge is 2.17. The van der Waals surface area contributed by atoms with Crippen LogP contribution >= 0.6 is 22.9 Å². The van der Waals surface area contributed by atoms with E-state index in [9.17, 15) is 19.7 Å². The molecule has 2 amide bonds. The molecule has 0 radical (unpaired) electrons. The first-order valence-electron chi connectivity index (χ1n) is 7.92. The summed E-state index contributed by atoms with van der Waals surface area (Å²) in [5, 5.41) is 18.3. The molecule has 0 saturated carbocycles. The summed E-state index contributed by atoms with van der Waals surface area (Å²) in [5.41, 5.74) is 1.90. The monoisotopic (exact) mass is 416 g/mol. The summed E-state index contributed by atoms with van der Waals surface area (Å²) < 4.78 is 0. The van der Waals surface area contributed by atoms with Crippen molar-refractivity contribution in [1.82, 2.24) is 4.98 Å². The van der Waals surface area contributed by atoms with Gasteiger partial charge in [-0.15, -0.1) is 11.3 Å². The quantitative estimate of drug-likeness (QED) is 0.466. The fourth-order valence-corrected chi connectivity index (χ4v) is 3.26. The summed E-state index contributed by atoms with van der Waals surface area (Å²) in [4.78, 5) is 38.1. The van der Waals surface area contributed by atoms with E-state index in [1.165, 1.54) is 30.4 Å². The number of hydrogen-bond acceptors (Lipinski definition) is 6. The maximum atomic E-state index is 12.3. The Balaban J connectivity index is 1.74. The van der Waals surface area contributed by atoms with Gasteiger partial charge < -0.3 is 5.32 Å². The first kappa shape index (κ1) is 19.5. The van der Waals surface area contributed by atoms with Gasteiger partial charge in [0.15, 0.2) is 5.13 Å². The minimum absolute atomic E-state index is 0.0409. The number of anilines is 2. The van der Waals surface area contributed by atoms with Crippen LogP contribution in [0.4, 0.5) is 16.5 Å². The van der Waals surface area contributed by atoms with Gasteiger partial charge in [0.1, 0.15) is 5.02 Å². The maximum absolute atomic E-state index is 12.3. The number of hydrogen-bond donors (Lipinski definition) is 2. The number of nitro groups is 1. The second-order valence-electron chi connectivity index (χ2n) is 5.67. The van der Waals surface area contributed by atoms with Gasteiger partial charge in [-0.2, -0.15) is 0 Å². The van der Waals surface area contributed by atoms with Crippen LogP contribution in [-0.2, 0) is 4.79 Å². The maximum Gasteiger partial charge on any atom is 0.288 e. The highest BCUT2D eigenvalue weighted by molar-refractivity contribution is 7.14. The molecule has 28 heavy (non-hydrogen) atoms. The van der Waals surface area contributed by atoms with E-state index in [0.717, 1.165) is 11.6 Å². The number of aromatic nitrogens is 1. The van der Waals surface area contributed by atoms with Gasteiger partial charge in [-0.1, -0.05) is 23.7 Å². The highest BCUT2D eigenvalue weighted by atomic mass is 35.5. The lowest BCUT2D eigenvalue weighted by atomic mass is 10.1. The lowest BCUT2D eigenvalue weighted by molar-refractivity contribution is -0.384. The van der Waals surface area contributed by atoms with Crippen molar-refractivity contribution in [3.05, 3.63) is 68.5 Å². The number of nitrogens with zero attached hydrogens (tertiary/aromatic N) is 2. The number of carbonyl (C=O) groups is 2. The third kappa shape index (κ3) is 4.51. The second kappa shape index (κ2) is 8.15. The van der Waals surface area contributed by atoms with E-state index < -0.39 is 10.8 Å². The van der Waals surface area contributed by atoms with E-state index in [2.05, 4.69) is 15.6 Å². The number of thiazole rings is 1. The van der Waals surface area contributed by atoms with Gasteiger partial charge in [0.2, 0.25) is 5.91 Å². The molecule has 0 unspecified atom stereocenters. The van der Waals surface area contributed by atoms with Gasteiger partial charge in [-0.05, 0) is 24.3 Å². The Morgan fingerprint density at radius 3 is 2.50 bits per heavy atom. The number of nitrogens with one attached hydrogen (secondary N) is 2. The van der Waals surface area contributed by atoms with Crippen LogP contribution in [0.5, 0.6) is 0 Å². The fourth-order valence-electron chi connectivity index (χ4n) is 2.35. The predicted molar refractivity (Wildman–Crippen MR) is 108 cm³/mol. The Hall–Kier alpha value is -3.30. The molecule has 3 rings (SSSR count). The van der Waals surface area contributed by atoms with Crippen LogP contribution in [0.2, 0.25) is 5.02 Å². The number of rotatable bonds is 5. The van der Waals surface area contributed by atoms with Gasteiger partial charge in [-0.25, -0.2) is 4.98 Å². The van der Waals surface area contributed by atoms with Gasteiger partial charge in [0.05, 0.1) is 10.6 Å². The summed E-state index contributed by atoms with van der Waals surface area (Å²) in [7, 11) is 0. The van der Waals surface area contributed by atoms with Crippen LogP contribution in [0.25, 0.3) is 11.3 Å². The number of halogens is 1. The van der Waals surface area contributed by atoms with Crippen LogP contribution in [0.1, 0.15) is 17.3 Å². The molecule has 3 aromatic rings. The lowest BCUT2D eigenvalue weighted by Crippen LogP contribution is -2.12. The molecule has 1 heterocycles. The van der Waals surface area contributed by atoms with Crippen molar-refractivity contribution in [3.8, 4) is 11.3 Å². The number of benzene rings is 2. The highest BCUT2D eigenvalue weighted by Crippen LogP contribution is 2.28. The Morgan fingerprint density at radius 2 is 1.86 bits per heavy atom. The van der Waals surface area contributed by atoms with E-state index in [-0.39, 0.29) is 22.2 Å². The summed E-state index contributed by atoms with van der Waals surface area (Å²) in [6, 6.07) is 10.9. The molecule has 0 bridgehead atoms. The molecule has 0 aliphatic carbocycles. The minimum Gasteiger partial charge on any atom is -0.326 e. The number of amides is 2. The van der Waals surface area contributed by atoms with Crippen LogP contribution < -0.4 is 10.6 Å². The number of nitro benzene ring substituents is 1. The minimum atomic E-state index is -0.648. The Labute approximate surface area is 168 Å². The summed E-state index contributed by atoms with van der Waals surface area (Å²) in [6.07, 6.45) is 0. The third-order valence-electron chi connectivity index (χ3n) is 3.63. The average Bonchev–Trinajstić information content (AvgIpc) is 3.10. The van der Waals surface area contributed by atoms with Crippen molar-refractivity contribution < 1.29 is 14.5 Å². The largest absolute Gasteiger partial charge is 0.326 e.